The molecule has 1 atom stereocenters. The molecule has 1 aliphatic rings. The van der Waals surface area contributed by atoms with Gasteiger partial charge in [0.05, 0.1) is 39.8 Å². The van der Waals surface area contributed by atoms with Gasteiger partial charge in [-0.15, -0.1) is 0 Å². The Kier molecular flexibility index (Phi) is 6.78. The van der Waals surface area contributed by atoms with Gasteiger partial charge in [0.2, 0.25) is 5.95 Å². The van der Waals surface area contributed by atoms with Gasteiger partial charge in [-0.3, -0.25) is 14.5 Å². The van der Waals surface area contributed by atoms with E-state index < -0.39 is 23.5 Å². The molecule has 1 aliphatic heterocycles. The van der Waals surface area contributed by atoms with Crippen molar-refractivity contribution in [2.24, 2.45) is 0 Å². The first kappa shape index (κ1) is 26.6. The van der Waals surface area contributed by atoms with Crippen LogP contribution in [-0.4, -0.2) is 48.0 Å². The molecule has 0 aliphatic carbocycles. The lowest BCUT2D eigenvalue weighted by Gasteiger charge is -2.24. The van der Waals surface area contributed by atoms with E-state index in [1.54, 1.807) is 0 Å². The molecular weight excluding hydrogens is 539 g/mol. The SMILES string of the molecule is COc1c(Cl)cc(/C(O)=C2\C(=O)C(=O)N(c3nc4cc(C)c(C)cc4[nH]3)C2c2ccc(N(C)C)cc2)cc1Cl. The van der Waals surface area contributed by atoms with Crippen molar-refractivity contribution >= 4 is 63.3 Å². The molecule has 39 heavy (non-hydrogen) atoms. The normalized spacial score (nSPS) is 16.8. The van der Waals surface area contributed by atoms with Gasteiger partial charge in [-0.1, -0.05) is 35.3 Å². The summed E-state index contributed by atoms with van der Waals surface area (Å²) in [6.07, 6.45) is 0. The number of Topliss-reactive ketones (excluding diaryl/α,β-unsaturated/α-hetero) is 1. The molecule has 0 spiro atoms. The Labute approximate surface area is 235 Å². The van der Waals surface area contributed by atoms with Crippen LogP contribution in [0.15, 0.2) is 54.1 Å². The number of ether oxygens (including phenoxy) is 1. The molecule has 200 valence electrons. The van der Waals surface area contributed by atoms with E-state index in [0.29, 0.717) is 11.1 Å². The van der Waals surface area contributed by atoms with Gasteiger partial charge in [-0.2, -0.15) is 0 Å². The monoisotopic (exact) mass is 564 g/mol. The average molecular weight is 565 g/mol. The average Bonchev–Trinajstić information content (AvgIpc) is 3.41. The maximum Gasteiger partial charge on any atom is 0.302 e. The van der Waals surface area contributed by atoms with Gasteiger partial charge in [0.1, 0.15) is 5.76 Å². The fourth-order valence-corrected chi connectivity index (χ4v) is 5.38. The molecule has 1 fully saturated rings. The van der Waals surface area contributed by atoms with Crippen LogP contribution in [0.4, 0.5) is 11.6 Å². The molecule has 0 radical (unpaired) electrons. The van der Waals surface area contributed by atoms with E-state index in [1.165, 1.54) is 24.1 Å². The highest BCUT2D eigenvalue weighted by atomic mass is 35.5. The summed E-state index contributed by atoms with van der Waals surface area (Å²) in [6, 6.07) is 13.2. The van der Waals surface area contributed by atoms with Gasteiger partial charge in [-0.05, 0) is 66.9 Å². The molecule has 0 saturated carbocycles. The van der Waals surface area contributed by atoms with E-state index in [2.05, 4.69) is 9.97 Å². The predicted molar refractivity (Wildman–Crippen MR) is 154 cm³/mol. The molecule has 1 aromatic heterocycles. The van der Waals surface area contributed by atoms with Crippen molar-refractivity contribution < 1.29 is 19.4 Å². The van der Waals surface area contributed by atoms with Crippen LogP contribution in [0.5, 0.6) is 5.75 Å². The number of carbonyl (C=O) groups excluding carboxylic acids is 2. The number of carbonyl (C=O) groups is 2. The first-order chi connectivity index (χ1) is 18.5. The number of halogens is 2. The van der Waals surface area contributed by atoms with E-state index in [4.69, 9.17) is 27.9 Å². The molecule has 4 aromatic rings. The second-order valence-corrected chi connectivity index (χ2v) is 10.5. The maximum atomic E-state index is 13.5. The summed E-state index contributed by atoms with van der Waals surface area (Å²) in [4.78, 5) is 38.1. The lowest BCUT2D eigenvalue weighted by molar-refractivity contribution is -0.132. The van der Waals surface area contributed by atoms with Gasteiger partial charge in [0, 0.05) is 25.3 Å². The number of fused-ring (bicyclic) bond motifs is 1. The zero-order valence-corrected chi connectivity index (χ0v) is 23.5. The molecule has 1 saturated heterocycles. The Morgan fingerprint density at radius 3 is 2.23 bits per heavy atom. The number of aromatic nitrogens is 2. The number of aliphatic hydroxyl groups excluding tert-OH is 1. The molecule has 1 amide bonds. The van der Waals surface area contributed by atoms with Gasteiger partial charge in [-0.25, -0.2) is 4.98 Å². The van der Waals surface area contributed by atoms with Gasteiger partial charge in [0.25, 0.3) is 5.78 Å². The molecule has 0 bridgehead atoms. The molecule has 3 aromatic carbocycles. The number of aliphatic hydroxyl groups is 1. The number of ketones is 1. The summed E-state index contributed by atoms with van der Waals surface area (Å²) in [5, 5.41) is 11.8. The molecule has 2 heterocycles. The molecule has 5 rings (SSSR count). The van der Waals surface area contributed by atoms with Crippen LogP contribution in [0, 0.1) is 13.8 Å². The highest BCUT2D eigenvalue weighted by Crippen LogP contribution is 2.43. The number of aryl methyl sites for hydroxylation is 2. The Hall–Kier alpha value is -4.01. The van der Waals surface area contributed by atoms with Crippen LogP contribution in [0.25, 0.3) is 16.8 Å². The van der Waals surface area contributed by atoms with Crippen molar-refractivity contribution in [1.82, 2.24) is 9.97 Å². The summed E-state index contributed by atoms with van der Waals surface area (Å²) in [6.45, 7) is 3.96. The predicted octanol–water partition coefficient (Wildman–Crippen LogP) is 6.19. The Morgan fingerprint density at radius 1 is 1.03 bits per heavy atom. The number of anilines is 2. The number of nitrogens with one attached hydrogen (secondary N) is 1. The maximum absolute atomic E-state index is 13.5. The third-order valence-electron chi connectivity index (χ3n) is 6.96. The number of methoxy groups -OCH3 is 1. The largest absolute Gasteiger partial charge is 0.507 e. The van der Waals surface area contributed by atoms with E-state index in [0.717, 1.165) is 22.3 Å². The zero-order valence-electron chi connectivity index (χ0n) is 22.0. The van der Waals surface area contributed by atoms with Crippen molar-refractivity contribution in [3.63, 3.8) is 0 Å². The van der Waals surface area contributed by atoms with Crippen molar-refractivity contribution in [3.05, 3.63) is 86.4 Å². The first-order valence-electron chi connectivity index (χ1n) is 12.1. The van der Waals surface area contributed by atoms with Gasteiger partial charge < -0.3 is 19.7 Å². The summed E-state index contributed by atoms with van der Waals surface area (Å²) in [5.74, 6) is -1.66. The van der Waals surface area contributed by atoms with E-state index in [1.807, 2.05) is 69.2 Å². The minimum absolute atomic E-state index is 0.109. The number of nitrogens with zero attached hydrogens (tertiary/aromatic N) is 3. The number of amides is 1. The number of H-pyrrole nitrogens is 1. The number of hydrogen-bond acceptors (Lipinski definition) is 6. The van der Waals surface area contributed by atoms with Crippen LogP contribution < -0.4 is 14.5 Å². The zero-order chi connectivity index (χ0) is 28.2. The number of aromatic amines is 1. The fourth-order valence-electron chi connectivity index (χ4n) is 4.74. The quantitative estimate of drug-likeness (QED) is 0.170. The summed E-state index contributed by atoms with van der Waals surface area (Å²) >= 11 is 12.6. The topological polar surface area (TPSA) is 98.8 Å². The number of hydrogen-bond donors (Lipinski definition) is 2. The standard InChI is InChI=1S/C29H26Cl2N4O4/c1-14-10-21-22(11-15(14)2)33-29(32-21)35-24(16-6-8-18(9-7-16)34(3)4)23(26(37)28(35)38)25(36)17-12-19(30)27(39-5)20(31)13-17/h6-13,24,36H,1-5H3,(H,32,33)/b25-23+. The smallest absolute Gasteiger partial charge is 0.302 e. The van der Waals surface area contributed by atoms with Crippen molar-refractivity contribution in [3.8, 4) is 5.75 Å². The number of benzene rings is 3. The minimum Gasteiger partial charge on any atom is -0.507 e. The highest BCUT2D eigenvalue weighted by Gasteiger charge is 2.48. The summed E-state index contributed by atoms with van der Waals surface area (Å²) < 4.78 is 5.21. The molecule has 10 heteroatoms. The molecular formula is C29H26Cl2N4O4. The summed E-state index contributed by atoms with van der Waals surface area (Å²) in [5.41, 5.74) is 5.10. The van der Waals surface area contributed by atoms with Crippen LogP contribution in [0.1, 0.15) is 28.3 Å². The lowest BCUT2D eigenvalue weighted by atomic mass is 9.95. The van der Waals surface area contributed by atoms with Crippen LogP contribution in [0.3, 0.4) is 0 Å². The molecule has 1 unspecified atom stereocenters. The molecule has 2 N–H and O–H groups in total. The fraction of sp³-hybridized carbons (Fsp3) is 0.207. The Balaban J connectivity index is 1.73. The lowest BCUT2D eigenvalue weighted by Crippen LogP contribution is -2.30. The van der Waals surface area contributed by atoms with Gasteiger partial charge >= 0.3 is 5.91 Å². The van der Waals surface area contributed by atoms with Gasteiger partial charge in [0.15, 0.2) is 5.75 Å². The van der Waals surface area contributed by atoms with Crippen molar-refractivity contribution in [2.45, 2.75) is 19.9 Å². The number of rotatable bonds is 5. The second-order valence-electron chi connectivity index (χ2n) is 9.64. The van der Waals surface area contributed by atoms with E-state index >= 15 is 0 Å². The molecule has 8 nitrogen and oxygen atoms in total. The minimum atomic E-state index is -0.969. The first-order valence-corrected chi connectivity index (χ1v) is 12.9. The Morgan fingerprint density at radius 2 is 1.64 bits per heavy atom. The third-order valence-corrected chi connectivity index (χ3v) is 7.52. The third kappa shape index (κ3) is 4.49. The van der Waals surface area contributed by atoms with Crippen LogP contribution in [0.2, 0.25) is 10.0 Å². The van der Waals surface area contributed by atoms with Crippen molar-refractivity contribution in [2.75, 3.05) is 31.0 Å². The van der Waals surface area contributed by atoms with Crippen molar-refractivity contribution in [1.29, 1.82) is 0 Å². The number of imidazole rings is 1. The van der Waals surface area contributed by atoms with E-state index in [-0.39, 0.29) is 32.9 Å². The summed E-state index contributed by atoms with van der Waals surface area (Å²) in [7, 11) is 5.25. The highest BCUT2D eigenvalue weighted by molar-refractivity contribution is 6.51. The van der Waals surface area contributed by atoms with Crippen LogP contribution >= 0.6 is 23.2 Å². The Bertz CT molecular complexity index is 1610. The van der Waals surface area contributed by atoms with Crippen LogP contribution in [-0.2, 0) is 9.59 Å². The second kappa shape index (κ2) is 9.94. The van der Waals surface area contributed by atoms with E-state index in [9.17, 15) is 14.7 Å².